The van der Waals surface area contributed by atoms with Gasteiger partial charge in [0.2, 0.25) is 0 Å². The normalized spacial score (nSPS) is 11.1. The van der Waals surface area contributed by atoms with E-state index >= 15 is 0 Å². The maximum absolute atomic E-state index is 12.3. The minimum atomic E-state index is -0.243. The van der Waals surface area contributed by atoms with Gasteiger partial charge in [-0.3, -0.25) is 9.48 Å². The number of esters is 1. The van der Waals surface area contributed by atoms with Crippen LogP contribution in [0, 0.1) is 33.6 Å². The van der Waals surface area contributed by atoms with Gasteiger partial charge in [-0.2, -0.15) is 5.10 Å². The Kier molecular flexibility index (Phi) is 5.24. The molecule has 23 heavy (non-hydrogen) atoms. The molecule has 0 unspecified atom stereocenters. The van der Waals surface area contributed by atoms with Crippen LogP contribution in [-0.2, 0) is 17.8 Å². The number of carbonyl (C=O) groups excluding carboxylic acids is 1. The minimum Gasteiger partial charge on any atom is -0.426 e. The molecule has 0 atom stereocenters. The quantitative estimate of drug-likeness (QED) is 0.620. The highest BCUT2D eigenvalue weighted by Crippen LogP contribution is 2.21. The lowest BCUT2D eigenvalue weighted by molar-refractivity contribution is -0.133. The summed E-state index contributed by atoms with van der Waals surface area (Å²) in [4.78, 5) is 12.3. The topological polar surface area (TPSA) is 44.1 Å². The molecule has 124 valence electrons. The Morgan fingerprint density at radius 2 is 1.91 bits per heavy atom. The predicted molar refractivity (Wildman–Crippen MR) is 91.8 cm³/mol. The Hall–Kier alpha value is -2.10. The van der Waals surface area contributed by atoms with E-state index in [1.807, 2.05) is 50.6 Å². The van der Waals surface area contributed by atoms with E-state index in [-0.39, 0.29) is 12.4 Å². The zero-order valence-corrected chi connectivity index (χ0v) is 14.9. The zero-order chi connectivity index (χ0) is 17.1. The molecule has 0 aliphatic heterocycles. The molecule has 2 aromatic rings. The van der Waals surface area contributed by atoms with Crippen molar-refractivity contribution in [2.75, 3.05) is 0 Å². The van der Waals surface area contributed by atoms with Crippen molar-refractivity contribution < 1.29 is 9.53 Å². The summed E-state index contributed by atoms with van der Waals surface area (Å²) in [6.45, 7) is 13.1. The summed E-state index contributed by atoms with van der Waals surface area (Å²) in [5.41, 5.74) is 5.06. The van der Waals surface area contributed by atoms with Crippen LogP contribution < -0.4 is 4.74 Å². The number of aromatic nitrogens is 2. The van der Waals surface area contributed by atoms with Gasteiger partial charge in [0, 0.05) is 17.8 Å². The van der Waals surface area contributed by atoms with Gasteiger partial charge in [0.05, 0.1) is 12.1 Å². The summed E-state index contributed by atoms with van der Waals surface area (Å²) >= 11 is 0. The molecular formula is C19H26N2O2. The van der Waals surface area contributed by atoms with Crippen molar-refractivity contribution in [1.82, 2.24) is 9.78 Å². The van der Waals surface area contributed by atoms with E-state index in [0.717, 1.165) is 34.6 Å². The van der Waals surface area contributed by atoms with Crippen molar-refractivity contribution >= 4 is 5.97 Å². The van der Waals surface area contributed by atoms with Gasteiger partial charge in [0.1, 0.15) is 5.75 Å². The molecule has 0 saturated carbocycles. The fraction of sp³-hybridized carbons (Fsp3) is 0.474. The smallest absolute Gasteiger partial charge is 0.315 e. The van der Waals surface area contributed by atoms with E-state index in [9.17, 15) is 4.79 Å². The van der Waals surface area contributed by atoms with Crippen LogP contribution in [0.15, 0.2) is 18.2 Å². The summed E-state index contributed by atoms with van der Waals surface area (Å²) in [6, 6.07) is 5.82. The number of carbonyl (C=O) groups is 1. The molecule has 0 saturated heterocycles. The van der Waals surface area contributed by atoms with Gasteiger partial charge in [0.25, 0.3) is 0 Å². The standard InChI is InChI=1S/C19H26N2O2/c1-12(2)11-21-16(6)17(15(5)20-21)10-19(22)23-18-8-7-13(3)9-14(18)4/h7-9,12H,10-11H2,1-6H3. The number of hydrogen-bond donors (Lipinski definition) is 0. The van der Waals surface area contributed by atoms with Crippen molar-refractivity contribution in [2.45, 2.75) is 54.5 Å². The van der Waals surface area contributed by atoms with E-state index in [0.29, 0.717) is 11.7 Å². The van der Waals surface area contributed by atoms with E-state index in [4.69, 9.17) is 4.74 Å². The summed E-state index contributed by atoms with van der Waals surface area (Å²) in [5, 5.41) is 4.55. The van der Waals surface area contributed by atoms with Crippen LogP contribution >= 0.6 is 0 Å². The third-order valence-electron chi connectivity index (χ3n) is 3.94. The Morgan fingerprint density at radius 3 is 2.52 bits per heavy atom. The first-order valence-corrected chi connectivity index (χ1v) is 8.08. The second-order valence-corrected chi connectivity index (χ2v) is 6.65. The fourth-order valence-electron chi connectivity index (χ4n) is 2.73. The van der Waals surface area contributed by atoms with Crippen LogP contribution in [0.4, 0.5) is 0 Å². The first-order chi connectivity index (χ1) is 10.8. The van der Waals surface area contributed by atoms with Crippen LogP contribution in [0.2, 0.25) is 0 Å². The van der Waals surface area contributed by atoms with Crippen molar-refractivity contribution in [3.63, 3.8) is 0 Å². The van der Waals surface area contributed by atoms with Crippen LogP contribution in [0.25, 0.3) is 0 Å². The molecule has 2 rings (SSSR count). The molecule has 4 nitrogen and oxygen atoms in total. The van der Waals surface area contributed by atoms with E-state index in [2.05, 4.69) is 18.9 Å². The summed E-state index contributed by atoms with van der Waals surface area (Å²) in [7, 11) is 0. The summed E-state index contributed by atoms with van der Waals surface area (Å²) in [5.74, 6) is 0.903. The van der Waals surface area contributed by atoms with Gasteiger partial charge in [-0.25, -0.2) is 0 Å². The fourth-order valence-corrected chi connectivity index (χ4v) is 2.73. The Bertz CT molecular complexity index is 714. The van der Waals surface area contributed by atoms with Gasteiger partial charge < -0.3 is 4.74 Å². The van der Waals surface area contributed by atoms with Crippen LogP contribution in [0.1, 0.15) is 41.9 Å². The molecule has 0 amide bonds. The van der Waals surface area contributed by atoms with E-state index in [1.54, 1.807) is 0 Å². The minimum absolute atomic E-state index is 0.243. The molecule has 1 aromatic heterocycles. The highest BCUT2D eigenvalue weighted by molar-refractivity contribution is 5.76. The molecule has 0 radical (unpaired) electrons. The monoisotopic (exact) mass is 314 g/mol. The van der Waals surface area contributed by atoms with Crippen molar-refractivity contribution in [2.24, 2.45) is 5.92 Å². The van der Waals surface area contributed by atoms with Crippen molar-refractivity contribution in [3.8, 4) is 5.75 Å². The number of rotatable bonds is 5. The lowest BCUT2D eigenvalue weighted by Gasteiger charge is -2.09. The number of aryl methyl sites for hydroxylation is 3. The van der Waals surface area contributed by atoms with Gasteiger partial charge in [-0.05, 0) is 45.2 Å². The molecular weight excluding hydrogens is 288 g/mol. The number of nitrogens with zero attached hydrogens (tertiary/aromatic N) is 2. The lowest BCUT2D eigenvalue weighted by atomic mass is 10.1. The summed E-state index contributed by atoms with van der Waals surface area (Å²) < 4.78 is 7.51. The van der Waals surface area contributed by atoms with Crippen molar-refractivity contribution in [1.29, 1.82) is 0 Å². The van der Waals surface area contributed by atoms with E-state index < -0.39 is 0 Å². The first kappa shape index (κ1) is 17.3. The largest absolute Gasteiger partial charge is 0.426 e. The number of hydrogen-bond acceptors (Lipinski definition) is 3. The molecule has 0 spiro atoms. The lowest BCUT2D eigenvalue weighted by Crippen LogP contribution is -2.13. The number of benzene rings is 1. The van der Waals surface area contributed by atoms with Gasteiger partial charge in [-0.1, -0.05) is 31.5 Å². The number of ether oxygens (including phenoxy) is 1. The SMILES string of the molecule is Cc1ccc(OC(=O)Cc2c(C)nn(CC(C)C)c2C)c(C)c1. The molecule has 0 N–H and O–H groups in total. The molecule has 1 aromatic carbocycles. The second-order valence-electron chi connectivity index (χ2n) is 6.65. The molecule has 0 aliphatic carbocycles. The average Bonchev–Trinajstić information content (AvgIpc) is 2.69. The Balaban J connectivity index is 2.12. The van der Waals surface area contributed by atoms with Gasteiger partial charge >= 0.3 is 5.97 Å². The second kappa shape index (κ2) is 6.99. The van der Waals surface area contributed by atoms with Crippen molar-refractivity contribution in [3.05, 3.63) is 46.3 Å². The predicted octanol–water partition coefficient (Wildman–Crippen LogP) is 3.92. The summed E-state index contributed by atoms with van der Waals surface area (Å²) in [6.07, 6.45) is 0.253. The van der Waals surface area contributed by atoms with Gasteiger partial charge in [0.15, 0.2) is 0 Å². The molecule has 0 aliphatic rings. The highest BCUT2D eigenvalue weighted by atomic mass is 16.5. The third kappa shape index (κ3) is 4.21. The molecule has 0 fully saturated rings. The van der Waals surface area contributed by atoms with Crippen LogP contribution in [0.3, 0.4) is 0 Å². The Labute approximate surface area is 138 Å². The first-order valence-electron chi connectivity index (χ1n) is 8.08. The zero-order valence-electron chi connectivity index (χ0n) is 14.9. The molecule has 4 heteroatoms. The maximum atomic E-state index is 12.3. The molecule has 0 bridgehead atoms. The van der Waals surface area contributed by atoms with Gasteiger partial charge in [-0.15, -0.1) is 0 Å². The Morgan fingerprint density at radius 1 is 1.22 bits per heavy atom. The van der Waals surface area contributed by atoms with E-state index in [1.165, 1.54) is 0 Å². The average molecular weight is 314 g/mol. The molecule has 1 heterocycles. The highest BCUT2D eigenvalue weighted by Gasteiger charge is 2.17. The van der Waals surface area contributed by atoms with Crippen LogP contribution in [-0.4, -0.2) is 15.7 Å². The maximum Gasteiger partial charge on any atom is 0.315 e. The van der Waals surface area contributed by atoms with Crippen LogP contribution in [0.5, 0.6) is 5.75 Å². The third-order valence-corrected chi connectivity index (χ3v) is 3.94.